The Morgan fingerprint density at radius 2 is 1.95 bits per heavy atom. The van der Waals surface area contributed by atoms with Gasteiger partial charge in [0.05, 0.1) is 34.2 Å². The second-order valence-electron chi connectivity index (χ2n) is 4.73. The van der Waals surface area contributed by atoms with Gasteiger partial charge in [0.25, 0.3) is 0 Å². The summed E-state index contributed by atoms with van der Waals surface area (Å²) in [6.45, 7) is 1.90. The molecule has 1 unspecified atom stereocenters. The van der Waals surface area contributed by atoms with Gasteiger partial charge >= 0.3 is 0 Å². The Labute approximate surface area is 133 Å². The molecule has 0 N–H and O–H groups in total. The molecule has 0 radical (unpaired) electrons. The van der Waals surface area contributed by atoms with Crippen molar-refractivity contribution in [1.29, 1.82) is 0 Å². The maximum Gasteiger partial charge on any atom is 0.132 e. The molecular weight excluding hydrogens is 307 g/mol. The number of alkyl halides is 1. The first kappa shape index (κ1) is 14.2. The first-order valence-corrected chi connectivity index (χ1v) is 7.38. The molecule has 5 heteroatoms. The Hall–Kier alpha value is -1.71. The number of fused-ring (bicyclic) bond motifs is 1. The van der Waals surface area contributed by atoms with E-state index in [1.165, 1.54) is 0 Å². The second kappa shape index (κ2) is 5.58. The number of halogens is 2. The molecule has 3 aromatic rings. The van der Waals surface area contributed by atoms with Gasteiger partial charge in [0.2, 0.25) is 0 Å². The Balaban J connectivity index is 2.37. The zero-order valence-electron chi connectivity index (χ0n) is 11.7. The number of nitrogens with zero attached hydrogens (tertiary/aromatic N) is 2. The quantitative estimate of drug-likeness (QED) is 0.636. The van der Waals surface area contributed by atoms with E-state index in [0.29, 0.717) is 5.02 Å². The number of aromatic nitrogens is 2. The number of rotatable bonds is 3. The number of para-hydroxylation sites is 1. The molecule has 2 aromatic carbocycles. The molecule has 1 heterocycles. The molecule has 0 saturated carbocycles. The molecule has 21 heavy (non-hydrogen) atoms. The molecule has 0 aliphatic rings. The molecule has 1 atom stereocenters. The monoisotopic (exact) mass is 320 g/mol. The highest BCUT2D eigenvalue weighted by Crippen LogP contribution is 2.32. The van der Waals surface area contributed by atoms with Crippen LogP contribution < -0.4 is 4.74 Å². The number of imidazole rings is 1. The van der Waals surface area contributed by atoms with E-state index in [1.807, 2.05) is 54.0 Å². The van der Waals surface area contributed by atoms with Crippen LogP contribution in [0.25, 0.3) is 16.7 Å². The number of hydrogen-bond acceptors (Lipinski definition) is 2. The minimum Gasteiger partial charge on any atom is -0.497 e. The van der Waals surface area contributed by atoms with Crippen molar-refractivity contribution >= 4 is 34.2 Å². The predicted molar refractivity (Wildman–Crippen MR) is 86.9 cm³/mol. The summed E-state index contributed by atoms with van der Waals surface area (Å²) in [7, 11) is 1.64. The van der Waals surface area contributed by atoms with Crippen LogP contribution in [0.5, 0.6) is 5.75 Å². The summed E-state index contributed by atoms with van der Waals surface area (Å²) in [5, 5.41) is 0.415. The summed E-state index contributed by atoms with van der Waals surface area (Å²) >= 11 is 12.6. The molecule has 0 saturated heterocycles. The minimum absolute atomic E-state index is 0.236. The molecule has 0 spiro atoms. The fraction of sp³-hybridized carbons (Fsp3) is 0.188. The van der Waals surface area contributed by atoms with Crippen LogP contribution in [-0.2, 0) is 0 Å². The van der Waals surface area contributed by atoms with Crippen LogP contribution in [0.1, 0.15) is 18.1 Å². The van der Waals surface area contributed by atoms with Crippen molar-refractivity contribution < 1.29 is 4.74 Å². The first-order chi connectivity index (χ1) is 10.1. The Bertz CT molecular complexity index is 796. The van der Waals surface area contributed by atoms with E-state index < -0.39 is 0 Å². The minimum atomic E-state index is -0.236. The maximum absolute atomic E-state index is 6.34. The second-order valence-corrected chi connectivity index (χ2v) is 5.79. The van der Waals surface area contributed by atoms with Gasteiger partial charge in [-0.05, 0) is 31.2 Å². The van der Waals surface area contributed by atoms with Crippen molar-refractivity contribution in [2.24, 2.45) is 0 Å². The summed E-state index contributed by atoms with van der Waals surface area (Å²) < 4.78 is 7.29. The van der Waals surface area contributed by atoms with Crippen molar-refractivity contribution in [3.05, 3.63) is 53.3 Å². The molecule has 3 nitrogen and oxygen atoms in total. The Morgan fingerprint density at radius 3 is 2.62 bits per heavy atom. The molecule has 0 aliphatic heterocycles. The van der Waals surface area contributed by atoms with Crippen molar-refractivity contribution in [1.82, 2.24) is 9.55 Å². The van der Waals surface area contributed by atoms with Gasteiger partial charge in [-0.1, -0.05) is 23.7 Å². The Morgan fingerprint density at radius 1 is 1.19 bits per heavy atom. The van der Waals surface area contributed by atoms with Crippen LogP contribution >= 0.6 is 23.2 Å². The molecule has 0 fully saturated rings. The van der Waals surface area contributed by atoms with Crippen LogP contribution in [0, 0.1) is 0 Å². The highest BCUT2D eigenvalue weighted by Gasteiger charge is 2.18. The third-order valence-corrected chi connectivity index (χ3v) is 3.85. The van der Waals surface area contributed by atoms with Crippen LogP contribution in [0.15, 0.2) is 42.5 Å². The van der Waals surface area contributed by atoms with Crippen LogP contribution in [0.3, 0.4) is 0 Å². The number of methoxy groups -OCH3 is 1. The molecule has 0 amide bonds. The van der Waals surface area contributed by atoms with Gasteiger partial charge in [0, 0.05) is 6.07 Å². The zero-order chi connectivity index (χ0) is 15.0. The van der Waals surface area contributed by atoms with Crippen LogP contribution in [0.2, 0.25) is 5.02 Å². The van der Waals surface area contributed by atoms with Crippen LogP contribution in [0.4, 0.5) is 0 Å². The van der Waals surface area contributed by atoms with Crippen molar-refractivity contribution in [3.8, 4) is 11.4 Å². The maximum atomic E-state index is 6.34. The summed E-state index contributed by atoms with van der Waals surface area (Å²) in [4.78, 5) is 4.62. The lowest BCUT2D eigenvalue weighted by Crippen LogP contribution is -2.02. The van der Waals surface area contributed by atoms with E-state index in [9.17, 15) is 0 Å². The first-order valence-electron chi connectivity index (χ1n) is 6.57. The molecule has 1 aromatic heterocycles. The Kier molecular flexibility index (Phi) is 3.79. The SMILES string of the molecule is COc1ccc2nc(C(C)Cl)n(-c3ccccc3Cl)c2c1. The van der Waals surface area contributed by atoms with E-state index in [2.05, 4.69) is 4.98 Å². The van der Waals surface area contributed by atoms with Crippen LogP contribution in [-0.4, -0.2) is 16.7 Å². The third kappa shape index (κ3) is 2.47. The van der Waals surface area contributed by atoms with Crippen molar-refractivity contribution in [3.63, 3.8) is 0 Å². The van der Waals surface area contributed by atoms with Gasteiger partial charge in [-0.15, -0.1) is 11.6 Å². The van der Waals surface area contributed by atoms with Gasteiger partial charge in [-0.3, -0.25) is 4.57 Å². The summed E-state index contributed by atoms with van der Waals surface area (Å²) in [5.74, 6) is 1.53. The molecule has 3 rings (SSSR count). The predicted octanol–water partition coefficient (Wildman–Crippen LogP) is 4.99. The summed E-state index contributed by atoms with van der Waals surface area (Å²) in [6, 6.07) is 13.4. The normalized spacial score (nSPS) is 12.6. The third-order valence-electron chi connectivity index (χ3n) is 3.34. The van der Waals surface area contributed by atoms with E-state index in [-0.39, 0.29) is 5.38 Å². The molecule has 0 aliphatic carbocycles. The number of ether oxygens (including phenoxy) is 1. The standard InChI is InChI=1S/C16H14Cl2N2O/c1-10(17)16-19-13-8-7-11(21-2)9-15(13)20(16)14-6-4-3-5-12(14)18/h3-10H,1-2H3. The average molecular weight is 321 g/mol. The average Bonchev–Trinajstić information content (AvgIpc) is 2.86. The van der Waals surface area contributed by atoms with Gasteiger partial charge in [-0.25, -0.2) is 4.98 Å². The van der Waals surface area contributed by atoms with Gasteiger partial charge in [0.1, 0.15) is 11.6 Å². The fourth-order valence-electron chi connectivity index (χ4n) is 2.35. The highest BCUT2D eigenvalue weighted by atomic mass is 35.5. The largest absolute Gasteiger partial charge is 0.497 e. The lowest BCUT2D eigenvalue weighted by atomic mass is 10.2. The summed E-state index contributed by atoms with van der Waals surface area (Å²) in [6.07, 6.45) is 0. The van der Waals surface area contributed by atoms with Crippen molar-refractivity contribution in [2.45, 2.75) is 12.3 Å². The van der Waals surface area contributed by atoms with Gasteiger partial charge in [0.15, 0.2) is 0 Å². The van der Waals surface area contributed by atoms with E-state index in [1.54, 1.807) is 7.11 Å². The van der Waals surface area contributed by atoms with Crippen molar-refractivity contribution in [2.75, 3.05) is 7.11 Å². The lowest BCUT2D eigenvalue weighted by Gasteiger charge is -2.12. The van der Waals surface area contributed by atoms with E-state index in [4.69, 9.17) is 27.9 Å². The molecule has 0 bridgehead atoms. The van der Waals surface area contributed by atoms with Gasteiger partial charge in [-0.2, -0.15) is 0 Å². The lowest BCUT2D eigenvalue weighted by molar-refractivity contribution is 0.415. The smallest absolute Gasteiger partial charge is 0.132 e. The summed E-state index contributed by atoms with van der Waals surface area (Å²) in [5.41, 5.74) is 2.64. The highest BCUT2D eigenvalue weighted by molar-refractivity contribution is 6.32. The topological polar surface area (TPSA) is 27.1 Å². The molecular formula is C16H14Cl2N2O. The van der Waals surface area contributed by atoms with E-state index in [0.717, 1.165) is 28.3 Å². The fourth-order valence-corrected chi connectivity index (χ4v) is 2.72. The number of benzene rings is 2. The van der Waals surface area contributed by atoms with E-state index >= 15 is 0 Å². The van der Waals surface area contributed by atoms with Gasteiger partial charge < -0.3 is 4.74 Å². The zero-order valence-corrected chi connectivity index (χ0v) is 13.2. The molecule has 108 valence electrons. The number of hydrogen-bond donors (Lipinski definition) is 0.